The predicted molar refractivity (Wildman–Crippen MR) is 78.6 cm³/mol. The Morgan fingerprint density at radius 1 is 1.17 bits per heavy atom. The first kappa shape index (κ1) is 13.4. The van der Waals surface area contributed by atoms with Crippen molar-refractivity contribution in [3.8, 4) is 0 Å². The highest BCUT2D eigenvalue weighted by Gasteiger charge is 2.21. The van der Waals surface area contributed by atoms with Gasteiger partial charge >= 0.3 is 0 Å². The molecule has 1 fully saturated rings. The first-order chi connectivity index (χ1) is 8.66. The fraction of sp³-hybridized carbons (Fsp3) is 0.625. The Labute approximate surface area is 111 Å². The lowest BCUT2D eigenvalue weighted by atomic mass is 9.86. The number of nitrogen functional groups attached to an aromatic ring is 1. The van der Waals surface area contributed by atoms with Gasteiger partial charge in [-0.25, -0.2) is 0 Å². The lowest BCUT2D eigenvalue weighted by molar-refractivity contribution is 0.172. The Balaban J connectivity index is 1.81. The molecular formula is C16H26N2. The molecule has 0 spiro atoms. The molecule has 2 heteroatoms. The van der Waals surface area contributed by atoms with Crippen molar-refractivity contribution < 1.29 is 0 Å². The number of rotatable bonds is 4. The number of hydrogen-bond donors (Lipinski definition) is 1. The van der Waals surface area contributed by atoms with Crippen LogP contribution in [-0.4, -0.2) is 24.5 Å². The molecule has 1 aromatic rings. The molecule has 0 unspecified atom stereocenters. The van der Waals surface area contributed by atoms with Crippen molar-refractivity contribution in [2.24, 2.45) is 5.92 Å². The largest absolute Gasteiger partial charge is 0.399 e. The second kappa shape index (κ2) is 6.24. The van der Waals surface area contributed by atoms with Crippen LogP contribution < -0.4 is 5.73 Å². The average molecular weight is 246 g/mol. The predicted octanol–water partition coefficient (Wildman–Crippen LogP) is 3.32. The summed E-state index contributed by atoms with van der Waals surface area (Å²) >= 11 is 0. The zero-order valence-corrected chi connectivity index (χ0v) is 11.7. The second-order valence-corrected chi connectivity index (χ2v) is 5.84. The van der Waals surface area contributed by atoms with Crippen molar-refractivity contribution in [3.05, 3.63) is 29.8 Å². The molecule has 0 aliphatic heterocycles. The Kier molecular flexibility index (Phi) is 4.65. The number of nitrogens with two attached hydrogens (primary N) is 1. The van der Waals surface area contributed by atoms with Crippen molar-refractivity contribution >= 4 is 5.69 Å². The topological polar surface area (TPSA) is 29.3 Å². The molecule has 2 nitrogen and oxygen atoms in total. The Bertz CT molecular complexity index is 367. The molecule has 0 atom stereocenters. The van der Waals surface area contributed by atoms with Gasteiger partial charge in [-0.3, -0.25) is 0 Å². The van der Waals surface area contributed by atoms with E-state index in [1.165, 1.54) is 31.2 Å². The smallest absolute Gasteiger partial charge is 0.0347 e. The third-order valence-electron chi connectivity index (χ3n) is 4.40. The van der Waals surface area contributed by atoms with Gasteiger partial charge in [-0.1, -0.05) is 25.1 Å². The van der Waals surface area contributed by atoms with Crippen molar-refractivity contribution in [1.82, 2.24) is 4.90 Å². The minimum absolute atomic E-state index is 0.783. The van der Waals surface area contributed by atoms with Gasteiger partial charge in [0.25, 0.3) is 0 Å². The molecule has 18 heavy (non-hydrogen) atoms. The molecule has 0 bridgehead atoms. The molecule has 1 aliphatic rings. The van der Waals surface area contributed by atoms with E-state index in [-0.39, 0.29) is 0 Å². The van der Waals surface area contributed by atoms with Crippen LogP contribution in [0.2, 0.25) is 0 Å². The van der Waals surface area contributed by atoms with Crippen LogP contribution in [0.4, 0.5) is 5.69 Å². The summed E-state index contributed by atoms with van der Waals surface area (Å²) in [6.45, 7) is 3.49. The fourth-order valence-electron chi connectivity index (χ4n) is 2.92. The summed E-state index contributed by atoms with van der Waals surface area (Å²) in [6.07, 6.45) is 6.57. The average Bonchev–Trinajstić information content (AvgIpc) is 2.38. The standard InChI is InChI=1S/C16H26N2/c1-13-7-9-15(10-8-13)18(2)12-11-14-5-3-4-6-16(14)17/h3-6,13,15H,7-12,17H2,1-2H3. The van der Waals surface area contributed by atoms with Gasteiger partial charge in [-0.05, 0) is 56.7 Å². The maximum Gasteiger partial charge on any atom is 0.0347 e. The molecule has 0 aromatic heterocycles. The molecule has 0 saturated heterocycles. The van der Waals surface area contributed by atoms with Crippen molar-refractivity contribution in [2.75, 3.05) is 19.3 Å². The Morgan fingerprint density at radius 3 is 2.50 bits per heavy atom. The van der Waals surface area contributed by atoms with E-state index in [4.69, 9.17) is 5.73 Å². The van der Waals surface area contributed by atoms with Gasteiger partial charge in [0, 0.05) is 18.3 Å². The molecule has 0 radical (unpaired) electrons. The normalized spacial score (nSPS) is 24.4. The van der Waals surface area contributed by atoms with E-state index in [9.17, 15) is 0 Å². The van der Waals surface area contributed by atoms with Gasteiger partial charge in [0.2, 0.25) is 0 Å². The van der Waals surface area contributed by atoms with Gasteiger partial charge in [-0.15, -0.1) is 0 Å². The number of hydrogen-bond acceptors (Lipinski definition) is 2. The fourth-order valence-corrected chi connectivity index (χ4v) is 2.92. The van der Waals surface area contributed by atoms with Crippen LogP contribution in [0.5, 0.6) is 0 Å². The van der Waals surface area contributed by atoms with Crippen LogP contribution in [0.3, 0.4) is 0 Å². The monoisotopic (exact) mass is 246 g/mol. The summed E-state index contributed by atoms with van der Waals surface area (Å²) in [7, 11) is 2.26. The maximum absolute atomic E-state index is 5.98. The number of anilines is 1. The summed E-state index contributed by atoms with van der Waals surface area (Å²) in [5.41, 5.74) is 8.20. The van der Waals surface area contributed by atoms with E-state index in [1.54, 1.807) is 0 Å². The highest BCUT2D eigenvalue weighted by molar-refractivity contribution is 5.46. The summed E-state index contributed by atoms with van der Waals surface area (Å²) in [5, 5.41) is 0. The quantitative estimate of drug-likeness (QED) is 0.826. The number of para-hydroxylation sites is 1. The van der Waals surface area contributed by atoms with E-state index >= 15 is 0 Å². The van der Waals surface area contributed by atoms with E-state index in [0.29, 0.717) is 0 Å². The molecule has 100 valence electrons. The van der Waals surface area contributed by atoms with Crippen LogP contribution in [-0.2, 0) is 6.42 Å². The van der Waals surface area contributed by atoms with Crippen LogP contribution in [0, 0.1) is 5.92 Å². The SMILES string of the molecule is CC1CCC(N(C)CCc2ccccc2N)CC1. The van der Waals surface area contributed by atoms with Crippen LogP contribution >= 0.6 is 0 Å². The van der Waals surface area contributed by atoms with E-state index in [2.05, 4.69) is 31.0 Å². The van der Waals surface area contributed by atoms with E-state index < -0.39 is 0 Å². The first-order valence-electron chi connectivity index (χ1n) is 7.20. The number of benzene rings is 1. The zero-order chi connectivity index (χ0) is 13.0. The van der Waals surface area contributed by atoms with Gasteiger partial charge in [0.15, 0.2) is 0 Å². The summed E-state index contributed by atoms with van der Waals surface area (Å²) in [5.74, 6) is 0.930. The number of nitrogens with zero attached hydrogens (tertiary/aromatic N) is 1. The molecule has 1 saturated carbocycles. The molecular weight excluding hydrogens is 220 g/mol. The highest BCUT2D eigenvalue weighted by atomic mass is 15.1. The highest BCUT2D eigenvalue weighted by Crippen LogP contribution is 2.26. The first-order valence-corrected chi connectivity index (χ1v) is 7.20. The second-order valence-electron chi connectivity index (χ2n) is 5.84. The third kappa shape index (κ3) is 3.49. The van der Waals surface area contributed by atoms with Gasteiger partial charge in [0.1, 0.15) is 0 Å². The molecule has 0 heterocycles. The van der Waals surface area contributed by atoms with E-state index in [1.807, 2.05) is 12.1 Å². The number of likely N-dealkylation sites (N-methyl/N-ethyl adjacent to an activating group) is 1. The van der Waals surface area contributed by atoms with Crippen molar-refractivity contribution in [1.29, 1.82) is 0 Å². The van der Waals surface area contributed by atoms with Crippen LogP contribution in [0.1, 0.15) is 38.2 Å². The molecule has 1 aliphatic carbocycles. The third-order valence-corrected chi connectivity index (χ3v) is 4.40. The summed E-state index contributed by atoms with van der Waals surface area (Å²) in [4.78, 5) is 2.53. The van der Waals surface area contributed by atoms with Gasteiger partial charge < -0.3 is 10.6 Å². The summed E-state index contributed by atoms with van der Waals surface area (Å²) < 4.78 is 0. The van der Waals surface area contributed by atoms with E-state index in [0.717, 1.165) is 30.6 Å². The zero-order valence-electron chi connectivity index (χ0n) is 11.7. The molecule has 1 aromatic carbocycles. The lowest BCUT2D eigenvalue weighted by Gasteiger charge is -2.33. The van der Waals surface area contributed by atoms with Crippen molar-refractivity contribution in [3.63, 3.8) is 0 Å². The minimum Gasteiger partial charge on any atom is -0.399 e. The van der Waals surface area contributed by atoms with Gasteiger partial charge in [0.05, 0.1) is 0 Å². The molecule has 2 rings (SSSR count). The molecule has 2 N–H and O–H groups in total. The van der Waals surface area contributed by atoms with Gasteiger partial charge in [-0.2, -0.15) is 0 Å². The lowest BCUT2D eigenvalue weighted by Crippen LogP contribution is -2.36. The van der Waals surface area contributed by atoms with Crippen LogP contribution in [0.25, 0.3) is 0 Å². The summed E-state index contributed by atoms with van der Waals surface area (Å²) in [6, 6.07) is 9.01. The van der Waals surface area contributed by atoms with Crippen LogP contribution in [0.15, 0.2) is 24.3 Å². The Morgan fingerprint density at radius 2 is 1.83 bits per heavy atom. The van der Waals surface area contributed by atoms with Crippen molar-refractivity contribution in [2.45, 2.75) is 45.1 Å². The molecule has 0 amide bonds. The maximum atomic E-state index is 5.98. The Hall–Kier alpha value is -1.02. The minimum atomic E-state index is 0.783.